The SMILES string of the molecule is Cc1cn([C@H]2C[C@H](O)[C@@H](COP(=O)(O)O[C@H]3C[C@H](n4cnc5c(=O)[nH]c(N)nc54)O[C@@H]3COP(=O)(O)O[C@H]3C[C@H](n4cnc5c(=O)[nH]c(N)nc54)O[C@@H]3COP(=O)(O)O[C@H]3C[C@H](n4cnc5c(=O)[nH]c(N)nc54)O[C@@H]3COP(=O)(O)O[C@H]3C[C@H](n4cnc5c(N)ncnc54)O[C@@H]3CO)O2)c(=O)[nH]c1=O. The number of phosphoric ester groups is 4. The molecule has 5 fully saturated rings. The summed E-state index contributed by atoms with van der Waals surface area (Å²) in [4.78, 5) is 155. The molecule has 14 heterocycles. The number of ether oxygens (including phenoxy) is 5. The van der Waals surface area contributed by atoms with E-state index in [9.17, 15) is 72.0 Å². The van der Waals surface area contributed by atoms with E-state index in [1.165, 1.54) is 44.0 Å². The Labute approximate surface area is 575 Å². The number of fused-ring (bicyclic) bond motifs is 4. The molecule has 0 saturated carbocycles. The van der Waals surface area contributed by atoms with Crippen LogP contribution in [0.3, 0.4) is 0 Å². The van der Waals surface area contributed by atoms with E-state index >= 15 is 0 Å². The number of phosphoric acid groups is 4. The molecule has 0 aromatic carbocycles. The predicted octanol–water partition coefficient (Wildman–Crippen LogP) is -2.79. The molecule has 0 amide bonds. The van der Waals surface area contributed by atoms with Crippen LogP contribution in [0.5, 0.6) is 0 Å². The van der Waals surface area contributed by atoms with E-state index in [4.69, 9.17) is 82.8 Å². The standard InChI is InChI=1S/C50H62N22O28P4/c1-18-7-68(50(79)67-43(18)75)29-2-19(74)25(93-29)9-88-101(80,81)98-21-4-31(70-15-58-35-40(70)61-47(52)64-44(35)76)95-27(21)11-90-103(84,85)100-23-6-33(72-17-60-37-42(72)63-49(54)66-46(37)78)96-28(23)12-91-104(86,87)99-22-5-32(71-16-59-36-41(71)62-48(53)65-45(36)77)94-26(22)10-89-102(82,83)97-20-3-30(92-24(20)8-73)69-14-57-34-38(51)55-13-56-39(34)69/h7,13-17,19-33,73-74H,2-6,8-12H2,1H3,(H,80,81)(H,82,83)(H,84,85)(H,86,87)(H2,51,55,56)(H,67,75,79)(H3,52,61,64,76)(H3,53,62,65,77)(H3,54,63,66,78)/t19-,20-,21-,22-,23-,24+,25+,26+,27+,28+,29+,30+,31+,32+,33+/m0/s1. The molecule has 9 aromatic rings. The lowest BCUT2D eigenvalue weighted by molar-refractivity contribution is -0.0634. The minimum Gasteiger partial charge on any atom is -0.394 e. The summed E-state index contributed by atoms with van der Waals surface area (Å²) in [5.74, 6) is -0.995. The molecule has 54 heteroatoms. The van der Waals surface area contributed by atoms with E-state index in [1.54, 1.807) is 0 Å². The van der Waals surface area contributed by atoms with E-state index < -0.39 is 204 Å². The Morgan fingerprint density at radius 3 is 1.18 bits per heavy atom. The summed E-state index contributed by atoms with van der Waals surface area (Å²) in [6.07, 6.45) is -16.2. The first kappa shape index (κ1) is 72.6. The van der Waals surface area contributed by atoms with Gasteiger partial charge in [-0.25, -0.2) is 53.0 Å². The molecule has 4 unspecified atom stereocenters. The molecule has 104 heavy (non-hydrogen) atoms. The molecule has 5 aliphatic heterocycles. The third kappa shape index (κ3) is 15.0. The Morgan fingerprint density at radius 1 is 0.452 bits per heavy atom. The zero-order valence-corrected chi connectivity index (χ0v) is 56.8. The summed E-state index contributed by atoms with van der Waals surface area (Å²) in [7, 11) is -21.6. The highest BCUT2D eigenvalue weighted by atomic mass is 31.2. The fourth-order valence-electron chi connectivity index (χ4n) is 12.4. The number of hydrogen-bond acceptors (Lipinski definition) is 37. The van der Waals surface area contributed by atoms with Gasteiger partial charge in [0.15, 0.2) is 45.0 Å². The summed E-state index contributed by atoms with van der Waals surface area (Å²) >= 11 is 0. The molecule has 14 rings (SSSR count). The van der Waals surface area contributed by atoms with E-state index in [2.05, 4.69) is 64.8 Å². The van der Waals surface area contributed by atoms with Crippen LogP contribution in [0.1, 0.15) is 68.8 Å². The highest BCUT2D eigenvalue weighted by Crippen LogP contribution is 2.55. The number of nitrogens with two attached hydrogens (primary N) is 4. The fraction of sp³-hybridized carbons (Fsp3) is 0.520. The van der Waals surface area contributed by atoms with Crippen molar-refractivity contribution >= 4 is 99.6 Å². The van der Waals surface area contributed by atoms with Gasteiger partial charge in [-0.15, -0.1) is 0 Å². The monoisotopic (exact) mass is 1540 g/mol. The number of anilines is 4. The number of aromatic nitrogens is 18. The number of nitrogens with zero attached hydrogens (tertiary/aromatic N) is 14. The maximum Gasteiger partial charge on any atom is 0.472 e. The van der Waals surface area contributed by atoms with Crippen LogP contribution in [0, 0.1) is 6.92 Å². The second-order valence-corrected chi connectivity index (χ2v) is 29.7. The number of nitrogens with one attached hydrogen (secondary N) is 4. The van der Waals surface area contributed by atoms with E-state index in [-0.39, 0.29) is 86.7 Å². The number of nitrogen functional groups attached to an aromatic ring is 4. The van der Waals surface area contributed by atoms with E-state index in [0.29, 0.717) is 0 Å². The number of imidazole rings is 4. The van der Waals surface area contributed by atoms with Crippen LogP contribution in [0.2, 0.25) is 0 Å². The summed E-state index contributed by atoms with van der Waals surface area (Å²) in [6, 6.07) is 0. The van der Waals surface area contributed by atoms with Crippen LogP contribution in [0.25, 0.3) is 44.7 Å². The van der Waals surface area contributed by atoms with E-state index in [1.807, 2.05) is 0 Å². The van der Waals surface area contributed by atoms with Crippen LogP contribution in [-0.4, -0.2) is 211 Å². The number of aliphatic hydroxyl groups is 2. The second-order valence-electron chi connectivity index (χ2n) is 24.1. The average molecular weight is 1540 g/mol. The lowest BCUT2D eigenvalue weighted by Gasteiger charge is -2.25. The number of hydrogen-bond donors (Lipinski definition) is 14. The van der Waals surface area contributed by atoms with Gasteiger partial charge in [-0.05, 0) is 6.92 Å². The number of aliphatic hydroxyl groups excluding tert-OH is 2. The fourth-order valence-corrected chi connectivity index (χ4v) is 16.2. The molecule has 0 spiro atoms. The van der Waals surface area contributed by atoms with Crippen molar-refractivity contribution in [1.29, 1.82) is 0 Å². The Kier molecular flexibility index (Phi) is 19.7. The molecule has 5 saturated heterocycles. The van der Waals surface area contributed by atoms with Crippen LogP contribution in [0.15, 0.2) is 61.8 Å². The van der Waals surface area contributed by atoms with Crippen molar-refractivity contribution in [2.75, 3.05) is 56.0 Å². The van der Waals surface area contributed by atoms with Gasteiger partial charge in [0.2, 0.25) is 17.8 Å². The quantitative estimate of drug-likeness (QED) is 0.0244. The summed E-state index contributed by atoms with van der Waals surface area (Å²) in [5, 5.41) is 21.1. The van der Waals surface area contributed by atoms with Gasteiger partial charge >= 0.3 is 37.0 Å². The predicted molar refractivity (Wildman–Crippen MR) is 342 cm³/mol. The Bertz CT molecular complexity index is 5300. The van der Waals surface area contributed by atoms with Crippen molar-refractivity contribution in [3.8, 4) is 0 Å². The van der Waals surface area contributed by atoms with Gasteiger partial charge in [0.05, 0.1) is 64.4 Å². The molecule has 560 valence electrons. The molecular formula is C50H62N22O28P4. The van der Waals surface area contributed by atoms with Gasteiger partial charge < -0.3 is 76.4 Å². The minimum absolute atomic E-state index is 0.0558. The average Bonchev–Trinajstić information content (AvgIpc) is 1.64. The maximum atomic E-state index is 14.4. The normalized spacial score (nSPS) is 29.0. The summed E-state index contributed by atoms with van der Waals surface area (Å²) in [5.41, 5.74) is 19.2. The number of aromatic amines is 4. The van der Waals surface area contributed by atoms with Crippen molar-refractivity contribution in [1.82, 2.24) is 87.6 Å². The zero-order valence-electron chi connectivity index (χ0n) is 53.2. The van der Waals surface area contributed by atoms with Crippen molar-refractivity contribution in [2.45, 2.75) is 131 Å². The van der Waals surface area contributed by atoms with Gasteiger partial charge in [-0.1, -0.05) is 0 Å². The van der Waals surface area contributed by atoms with Crippen LogP contribution in [0.4, 0.5) is 23.7 Å². The van der Waals surface area contributed by atoms with Crippen LogP contribution < -0.4 is 50.9 Å². The largest absolute Gasteiger partial charge is 0.472 e. The highest BCUT2D eigenvalue weighted by molar-refractivity contribution is 7.48. The lowest BCUT2D eigenvalue weighted by atomic mass is 10.2. The van der Waals surface area contributed by atoms with Gasteiger partial charge in [-0.3, -0.25) is 98.1 Å². The topological polar surface area (TPSA) is 703 Å². The van der Waals surface area contributed by atoms with Gasteiger partial charge in [0.1, 0.15) is 97.9 Å². The zero-order chi connectivity index (χ0) is 73.6. The molecule has 0 radical (unpaired) electrons. The third-order valence-corrected chi connectivity index (χ3v) is 21.3. The Morgan fingerprint density at radius 2 is 0.788 bits per heavy atom. The van der Waals surface area contributed by atoms with Gasteiger partial charge in [0.25, 0.3) is 22.2 Å². The molecule has 0 aliphatic carbocycles. The van der Waals surface area contributed by atoms with Gasteiger partial charge in [-0.2, -0.15) is 15.0 Å². The molecule has 5 aliphatic rings. The molecule has 18 N–H and O–H groups in total. The molecule has 19 atom stereocenters. The first-order valence-electron chi connectivity index (χ1n) is 31.0. The maximum absolute atomic E-state index is 14.4. The van der Waals surface area contributed by atoms with Crippen LogP contribution in [-0.2, 0) is 78.1 Å². The third-order valence-electron chi connectivity index (χ3n) is 17.2. The first-order chi connectivity index (χ1) is 49.3. The molecule has 9 aromatic heterocycles. The summed E-state index contributed by atoms with van der Waals surface area (Å²) < 4.78 is 137. The molecule has 0 bridgehead atoms. The highest BCUT2D eigenvalue weighted by Gasteiger charge is 2.50. The first-order valence-corrected chi connectivity index (χ1v) is 36.9. The lowest BCUT2D eigenvalue weighted by Crippen LogP contribution is -2.33. The summed E-state index contributed by atoms with van der Waals surface area (Å²) in [6.45, 7) is -3.17. The molecule has 50 nitrogen and oxygen atoms in total. The van der Waals surface area contributed by atoms with Crippen molar-refractivity contribution in [3.05, 3.63) is 95.3 Å². The van der Waals surface area contributed by atoms with Crippen molar-refractivity contribution < 1.29 is 108 Å². The number of H-pyrrole nitrogens is 4. The number of rotatable bonds is 26. The van der Waals surface area contributed by atoms with E-state index in [0.717, 1.165) is 23.5 Å². The van der Waals surface area contributed by atoms with Gasteiger partial charge in [0, 0.05) is 43.9 Å². The second kappa shape index (κ2) is 28.2. The minimum atomic E-state index is -5.55. The Balaban J connectivity index is 0.682. The van der Waals surface area contributed by atoms with Crippen molar-refractivity contribution in [2.24, 2.45) is 0 Å². The van der Waals surface area contributed by atoms with Crippen LogP contribution >= 0.6 is 31.3 Å². The number of aryl methyl sites for hydroxylation is 1. The Hall–Kier alpha value is -8.36. The smallest absolute Gasteiger partial charge is 0.394 e. The molecular weight excluding hydrogens is 1480 g/mol. The van der Waals surface area contributed by atoms with Crippen molar-refractivity contribution in [3.63, 3.8) is 0 Å².